The molecule has 2 aliphatic rings. The van der Waals surface area contributed by atoms with E-state index in [0.29, 0.717) is 21.0 Å². The smallest absolute Gasteiger partial charge is 0.280 e. The Morgan fingerprint density at radius 2 is 2.00 bits per heavy atom. The second-order valence-corrected chi connectivity index (χ2v) is 8.87. The Morgan fingerprint density at radius 1 is 1.21 bits per heavy atom. The van der Waals surface area contributed by atoms with Gasteiger partial charge in [-0.05, 0) is 48.6 Å². The Hall–Kier alpha value is -2.26. The van der Waals surface area contributed by atoms with E-state index in [4.69, 9.17) is 0 Å². The molecule has 2 aromatic heterocycles. The molecule has 144 valence electrons. The number of nitrogens with one attached hydrogen (secondary N) is 2. The van der Waals surface area contributed by atoms with Crippen molar-refractivity contribution in [2.24, 2.45) is 0 Å². The first-order valence-electron chi connectivity index (χ1n) is 8.73. The highest BCUT2D eigenvalue weighted by Gasteiger charge is 2.35. The van der Waals surface area contributed by atoms with Gasteiger partial charge in [-0.1, -0.05) is 15.9 Å². The van der Waals surface area contributed by atoms with Gasteiger partial charge in [0.15, 0.2) is 0 Å². The molecule has 1 amide bonds. The number of hydrogen-bond acceptors (Lipinski definition) is 5. The van der Waals surface area contributed by atoms with Crippen LogP contribution >= 0.6 is 27.3 Å². The Labute approximate surface area is 170 Å². The lowest BCUT2D eigenvalue weighted by molar-refractivity contribution is 0.0940. The van der Waals surface area contributed by atoms with Crippen molar-refractivity contribution in [3.8, 4) is 5.75 Å². The number of hydrogen-bond donors (Lipinski definition) is 3. The van der Waals surface area contributed by atoms with Crippen LogP contribution < -0.4 is 10.6 Å². The summed E-state index contributed by atoms with van der Waals surface area (Å²) in [6, 6.07) is 6.44. The van der Waals surface area contributed by atoms with Crippen molar-refractivity contribution in [3.63, 3.8) is 0 Å². The molecule has 5 rings (SSSR count). The number of phenols is 1. The van der Waals surface area contributed by atoms with E-state index in [1.54, 1.807) is 18.2 Å². The Kier molecular flexibility index (Phi) is 4.06. The zero-order chi connectivity index (χ0) is 19.6. The Bertz CT molecular complexity index is 1130. The molecule has 1 aliphatic heterocycles. The molecule has 28 heavy (non-hydrogen) atoms. The van der Waals surface area contributed by atoms with E-state index in [1.807, 2.05) is 0 Å². The summed E-state index contributed by atoms with van der Waals surface area (Å²) in [6.07, 6.45) is -1.42. The van der Waals surface area contributed by atoms with Crippen LogP contribution in [0.5, 0.6) is 5.75 Å². The number of amides is 1. The minimum absolute atomic E-state index is 0.0458. The molecule has 0 spiro atoms. The van der Waals surface area contributed by atoms with Gasteiger partial charge in [0, 0.05) is 15.4 Å². The predicted octanol–water partition coefficient (Wildman–Crippen LogP) is 5.43. The number of fused-ring (bicyclic) bond motifs is 3. The molecule has 1 fully saturated rings. The van der Waals surface area contributed by atoms with Crippen LogP contribution in [0.2, 0.25) is 0 Å². The van der Waals surface area contributed by atoms with Crippen LogP contribution in [0.1, 0.15) is 57.8 Å². The predicted molar refractivity (Wildman–Crippen MR) is 106 cm³/mol. The molecule has 1 aromatic carbocycles. The summed E-state index contributed by atoms with van der Waals surface area (Å²) < 4.78 is 27.4. The summed E-state index contributed by atoms with van der Waals surface area (Å²) >= 11 is 4.48. The fourth-order valence-corrected chi connectivity index (χ4v) is 5.02. The van der Waals surface area contributed by atoms with E-state index in [1.165, 1.54) is 6.07 Å². The second kappa shape index (κ2) is 6.38. The van der Waals surface area contributed by atoms with Gasteiger partial charge in [-0.25, -0.2) is 13.8 Å². The molecular weight excluding hydrogens is 452 g/mol. The summed E-state index contributed by atoms with van der Waals surface area (Å²) in [6.45, 7) is 0. The third-order valence-corrected chi connectivity index (χ3v) is 6.60. The van der Waals surface area contributed by atoms with E-state index in [-0.39, 0.29) is 23.3 Å². The molecule has 0 bridgehead atoms. The minimum Gasteiger partial charge on any atom is -0.508 e. The highest BCUT2D eigenvalue weighted by atomic mass is 79.9. The molecule has 0 radical (unpaired) electrons. The van der Waals surface area contributed by atoms with Crippen LogP contribution in [-0.2, 0) is 0 Å². The molecule has 3 heterocycles. The van der Waals surface area contributed by atoms with Gasteiger partial charge in [0.1, 0.15) is 27.3 Å². The highest BCUT2D eigenvalue weighted by Crippen LogP contribution is 2.50. The third-order valence-electron chi connectivity index (χ3n) is 5.02. The zero-order valence-corrected chi connectivity index (χ0v) is 16.7. The molecule has 3 aromatic rings. The fraction of sp³-hybridized carbons (Fsp3) is 0.263. The van der Waals surface area contributed by atoms with Crippen LogP contribution in [-0.4, -0.2) is 16.0 Å². The van der Waals surface area contributed by atoms with Crippen molar-refractivity contribution in [2.45, 2.75) is 31.4 Å². The van der Waals surface area contributed by atoms with Gasteiger partial charge in [-0.15, -0.1) is 11.3 Å². The first-order valence-corrected chi connectivity index (χ1v) is 10.3. The number of rotatable bonds is 3. The molecule has 1 aliphatic carbocycles. The van der Waals surface area contributed by atoms with Gasteiger partial charge < -0.3 is 15.7 Å². The van der Waals surface area contributed by atoms with Crippen LogP contribution in [0, 0.1) is 0 Å². The largest absolute Gasteiger partial charge is 0.508 e. The molecule has 0 saturated heterocycles. The molecule has 1 saturated carbocycles. The molecule has 1 atom stereocenters. The van der Waals surface area contributed by atoms with Crippen molar-refractivity contribution < 1.29 is 18.7 Å². The first kappa shape index (κ1) is 17.8. The number of aromatic hydroxyl groups is 1. The molecule has 0 unspecified atom stereocenters. The average Bonchev–Trinajstić information content (AvgIpc) is 3.43. The first-order chi connectivity index (χ1) is 13.4. The van der Waals surface area contributed by atoms with E-state index < -0.39 is 12.6 Å². The number of thiophene rings is 1. The molecular formula is C19H14BrF2N3O2S. The summed E-state index contributed by atoms with van der Waals surface area (Å²) in [7, 11) is 0. The fourth-order valence-electron chi connectivity index (χ4n) is 3.56. The maximum Gasteiger partial charge on any atom is 0.280 e. The number of phenolic OH excluding ortho intramolecular Hbond substituents is 1. The van der Waals surface area contributed by atoms with Crippen molar-refractivity contribution >= 4 is 49.1 Å². The van der Waals surface area contributed by atoms with Crippen LogP contribution in [0.3, 0.4) is 0 Å². The van der Waals surface area contributed by atoms with Crippen LogP contribution in [0.15, 0.2) is 28.7 Å². The SMILES string of the molecule is O=C1N[C@H](c2cc(Br)ccc2O)Nc2c1sc1nc(C(F)F)cc(C3CC3)c21. The summed E-state index contributed by atoms with van der Waals surface area (Å²) in [5, 5.41) is 17.1. The lowest BCUT2D eigenvalue weighted by atomic mass is 10.0. The van der Waals surface area contributed by atoms with Crippen molar-refractivity contribution in [1.82, 2.24) is 10.3 Å². The van der Waals surface area contributed by atoms with E-state index in [9.17, 15) is 18.7 Å². The van der Waals surface area contributed by atoms with E-state index in [0.717, 1.165) is 39.6 Å². The number of carbonyl (C=O) groups excluding carboxylic acids is 1. The van der Waals surface area contributed by atoms with Crippen molar-refractivity contribution in [1.29, 1.82) is 0 Å². The monoisotopic (exact) mass is 465 g/mol. The maximum atomic E-state index is 13.3. The Morgan fingerprint density at radius 3 is 2.71 bits per heavy atom. The van der Waals surface area contributed by atoms with E-state index >= 15 is 0 Å². The van der Waals surface area contributed by atoms with Gasteiger partial charge in [0.05, 0.1) is 5.69 Å². The number of nitrogens with zero attached hydrogens (tertiary/aromatic N) is 1. The number of aromatic nitrogens is 1. The minimum atomic E-state index is -2.66. The third kappa shape index (κ3) is 2.84. The second-order valence-electron chi connectivity index (χ2n) is 6.95. The van der Waals surface area contributed by atoms with Crippen molar-refractivity contribution in [3.05, 3.63) is 50.4 Å². The molecule has 5 nitrogen and oxygen atoms in total. The Balaban J connectivity index is 1.67. The summed E-state index contributed by atoms with van der Waals surface area (Å²) in [5.41, 5.74) is 1.67. The van der Waals surface area contributed by atoms with Crippen molar-refractivity contribution in [2.75, 3.05) is 5.32 Å². The van der Waals surface area contributed by atoms with Crippen LogP contribution in [0.4, 0.5) is 14.5 Å². The summed E-state index contributed by atoms with van der Waals surface area (Å²) in [4.78, 5) is 17.7. The molecule has 3 N–H and O–H groups in total. The number of halogens is 3. The lowest BCUT2D eigenvalue weighted by Gasteiger charge is -2.27. The van der Waals surface area contributed by atoms with Crippen LogP contribution in [0.25, 0.3) is 10.2 Å². The van der Waals surface area contributed by atoms with E-state index in [2.05, 4.69) is 31.5 Å². The standard InChI is InChI=1S/C19H14BrF2N3O2S/c20-8-3-4-12(26)10(5-8)17-24-14-13-9(7-1-2-7)6-11(16(21)22)23-19(13)28-15(14)18(27)25-17/h3-7,16-17,24,26H,1-2H2,(H,25,27)/t17-/m1/s1. The lowest BCUT2D eigenvalue weighted by Crippen LogP contribution is -2.37. The normalized spacial score (nSPS) is 18.9. The van der Waals surface area contributed by atoms with Gasteiger partial charge >= 0.3 is 0 Å². The van der Waals surface area contributed by atoms with Gasteiger partial charge in [0.2, 0.25) is 0 Å². The molecule has 9 heteroatoms. The topological polar surface area (TPSA) is 74.2 Å². The number of pyridine rings is 1. The number of carbonyl (C=O) groups is 1. The summed E-state index contributed by atoms with van der Waals surface area (Å²) in [5.74, 6) is -0.0582. The quantitative estimate of drug-likeness (QED) is 0.481. The van der Waals surface area contributed by atoms with Gasteiger partial charge in [-0.3, -0.25) is 4.79 Å². The van der Waals surface area contributed by atoms with Gasteiger partial charge in [-0.2, -0.15) is 0 Å². The maximum absolute atomic E-state index is 13.3. The number of benzene rings is 1. The average molecular weight is 466 g/mol. The number of anilines is 1. The highest BCUT2D eigenvalue weighted by molar-refractivity contribution is 9.10. The zero-order valence-electron chi connectivity index (χ0n) is 14.3. The van der Waals surface area contributed by atoms with Gasteiger partial charge in [0.25, 0.3) is 12.3 Å². The number of alkyl halides is 2.